The van der Waals surface area contributed by atoms with Crippen molar-refractivity contribution >= 4 is 11.9 Å². The van der Waals surface area contributed by atoms with Gasteiger partial charge in [0.15, 0.2) is 5.82 Å². The number of piperidine rings is 1. The molecule has 2 aromatic rings. The quantitative estimate of drug-likeness (QED) is 0.890. The molecule has 1 aromatic heterocycles. The molecule has 25 heavy (non-hydrogen) atoms. The molecular weight excluding hydrogens is 335 g/mol. The van der Waals surface area contributed by atoms with Crippen molar-refractivity contribution in [2.45, 2.75) is 24.9 Å². The molecule has 0 atom stereocenters. The Balaban J connectivity index is 1.71. The van der Waals surface area contributed by atoms with Crippen LogP contribution in [-0.4, -0.2) is 33.8 Å². The fraction of sp³-hybridized carbons (Fsp3) is 0.438. The van der Waals surface area contributed by atoms with Crippen LogP contribution in [0.25, 0.3) is 0 Å². The Morgan fingerprint density at radius 1 is 1.24 bits per heavy atom. The Bertz CT molecular complexity index is 748. The molecule has 0 spiro atoms. The second-order valence-electron chi connectivity index (χ2n) is 5.97. The summed E-state index contributed by atoms with van der Waals surface area (Å²) >= 11 is 0. The van der Waals surface area contributed by atoms with E-state index in [1.165, 1.54) is 4.68 Å². The fourth-order valence-corrected chi connectivity index (χ4v) is 2.75. The highest BCUT2D eigenvalue weighted by Crippen LogP contribution is 2.29. The van der Waals surface area contributed by atoms with Gasteiger partial charge in [0.05, 0.1) is 5.56 Å². The molecule has 1 fully saturated rings. The number of benzene rings is 1. The molecule has 134 valence electrons. The highest BCUT2D eigenvalue weighted by molar-refractivity contribution is 6.03. The number of nitrogens with zero attached hydrogens (tertiary/aromatic N) is 3. The van der Waals surface area contributed by atoms with E-state index in [0.717, 1.165) is 50.2 Å². The minimum atomic E-state index is -4.43. The molecule has 1 aliphatic rings. The predicted molar refractivity (Wildman–Crippen MR) is 85.2 cm³/mol. The summed E-state index contributed by atoms with van der Waals surface area (Å²) < 4.78 is 39.2. The summed E-state index contributed by atoms with van der Waals surface area (Å²) in [7, 11) is 1.67. The molecule has 9 heteroatoms. The molecule has 2 N–H and O–H groups in total. The Labute approximate surface area is 142 Å². The maximum Gasteiger partial charge on any atom is 0.416 e. The van der Waals surface area contributed by atoms with E-state index in [1.807, 2.05) is 0 Å². The zero-order valence-corrected chi connectivity index (χ0v) is 13.6. The van der Waals surface area contributed by atoms with Gasteiger partial charge in [-0.3, -0.25) is 10.1 Å². The maximum absolute atomic E-state index is 12.6. The third-order valence-corrected chi connectivity index (χ3v) is 4.18. The number of aromatic nitrogens is 3. The van der Waals surface area contributed by atoms with E-state index < -0.39 is 17.6 Å². The first-order valence-corrected chi connectivity index (χ1v) is 7.95. The molecule has 3 rings (SSSR count). The van der Waals surface area contributed by atoms with Gasteiger partial charge in [-0.1, -0.05) is 0 Å². The number of carbonyl (C=O) groups excluding carboxylic acids is 1. The summed E-state index contributed by atoms with van der Waals surface area (Å²) in [5, 5.41) is 10.2. The Morgan fingerprint density at radius 2 is 1.88 bits per heavy atom. The van der Waals surface area contributed by atoms with Crippen LogP contribution in [0.5, 0.6) is 0 Å². The van der Waals surface area contributed by atoms with Crippen LogP contribution < -0.4 is 10.6 Å². The first-order valence-electron chi connectivity index (χ1n) is 7.95. The van der Waals surface area contributed by atoms with Crippen molar-refractivity contribution in [1.82, 2.24) is 20.1 Å². The lowest BCUT2D eigenvalue weighted by atomic mass is 9.98. The Hall–Kier alpha value is -2.42. The van der Waals surface area contributed by atoms with Gasteiger partial charge in [-0.25, -0.2) is 4.68 Å². The van der Waals surface area contributed by atoms with Crippen LogP contribution in [0.4, 0.5) is 19.1 Å². The van der Waals surface area contributed by atoms with Crippen molar-refractivity contribution < 1.29 is 18.0 Å². The van der Waals surface area contributed by atoms with Crippen molar-refractivity contribution in [2.75, 3.05) is 18.4 Å². The normalized spacial score (nSPS) is 16.0. The highest BCUT2D eigenvalue weighted by Gasteiger charge is 2.30. The zero-order valence-electron chi connectivity index (χ0n) is 13.6. The van der Waals surface area contributed by atoms with Crippen molar-refractivity contribution in [3.05, 3.63) is 41.2 Å². The molecule has 0 radical (unpaired) electrons. The summed E-state index contributed by atoms with van der Waals surface area (Å²) in [6, 6.07) is 4.04. The standard InChI is InChI=1S/C16H18F3N5O/c1-24-15(21-13(23-24)10-6-8-20-9-7-10)22-14(25)11-2-4-12(5-3-11)16(17,18)19/h2-5,10,20H,6-9H2,1H3,(H,21,22,23,25). The number of rotatable bonds is 3. The number of hydrogen-bond acceptors (Lipinski definition) is 4. The van der Waals surface area contributed by atoms with Gasteiger partial charge in [-0.05, 0) is 50.2 Å². The summed E-state index contributed by atoms with van der Waals surface area (Å²) in [6.07, 6.45) is -2.57. The van der Waals surface area contributed by atoms with Crippen LogP contribution in [0.15, 0.2) is 24.3 Å². The number of alkyl halides is 3. The van der Waals surface area contributed by atoms with Crippen LogP contribution in [0, 0.1) is 0 Å². The lowest BCUT2D eigenvalue weighted by molar-refractivity contribution is -0.137. The van der Waals surface area contributed by atoms with Gasteiger partial charge in [-0.2, -0.15) is 23.3 Å². The number of amides is 1. The first-order chi connectivity index (χ1) is 11.8. The number of anilines is 1. The smallest absolute Gasteiger partial charge is 0.317 e. The summed E-state index contributed by atoms with van der Waals surface area (Å²) in [6.45, 7) is 1.80. The molecule has 1 amide bonds. The van der Waals surface area contributed by atoms with Crippen LogP contribution >= 0.6 is 0 Å². The minimum Gasteiger partial charge on any atom is -0.317 e. The van der Waals surface area contributed by atoms with Crippen LogP contribution in [0.2, 0.25) is 0 Å². The number of nitrogens with one attached hydrogen (secondary N) is 2. The van der Waals surface area contributed by atoms with Gasteiger partial charge in [-0.15, -0.1) is 0 Å². The second kappa shape index (κ2) is 6.83. The molecular formula is C16H18F3N5O. The van der Waals surface area contributed by atoms with Gasteiger partial charge >= 0.3 is 6.18 Å². The number of aryl methyl sites for hydroxylation is 1. The molecule has 2 heterocycles. The van der Waals surface area contributed by atoms with Crippen LogP contribution in [0.3, 0.4) is 0 Å². The van der Waals surface area contributed by atoms with Crippen LogP contribution in [-0.2, 0) is 13.2 Å². The van der Waals surface area contributed by atoms with Crippen molar-refractivity contribution in [2.24, 2.45) is 7.05 Å². The fourth-order valence-electron chi connectivity index (χ4n) is 2.75. The summed E-state index contributed by atoms with van der Waals surface area (Å²) in [5.41, 5.74) is -0.671. The minimum absolute atomic E-state index is 0.124. The van der Waals surface area contributed by atoms with Gasteiger partial charge in [0, 0.05) is 18.5 Å². The second-order valence-corrected chi connectivity index (χ2v) is 5.97. The van der Waals surface area contributed by atoms with Gasteiger partial charge < -0.3 is 5.32 Å². The number of hydrogen-bond donors (Lipinski definition) is 2. The molecule has 1 aromatic carbocycles. The van der Waals surface area contributed by atoms with E-state index in [9.17, 15) is 18.0 Å². The molecule has 1 saturated heterocycles. The van der Waals surface area contributed by atoms with E-state index >= 15 is 0 Å². The van der Waals surface area contributed by atoms with Crippen molar-refractivity contribution in [1.29, 1.82) is 0 Å². The summed E-state index contributed by atoms with van der Waals surface area (Å²) in [5.74, 6) is 0.662. The van der Waals surface area contributed by atoms with E-state index in [4.69, 9.17) is 0 Å². The van der Waals surface area contributed by atoms with Crippen molar-refractivity contribution in [3.63, 3.8) is 0 Å². The monoisotopic (exact) mass is 353 g/mol. The maximum atomic E-state index is 12.6. The lowest BCUT2D eigenvalue weighted by Crippen LogP contribution is -2.27. The lowest BCUT2D eigenvalue weighted by Gasteiger charge is -2.19. The molecule has 6 nitrogen and oxygen atoms in total. The Morgan fingerprint density at radius 3 is 2.48 bits per heavy atom. The Kier molecular flexibility index (Phi) is 4.76. The average Bonchev–Trinajstić information content (AvgIpc) is 2.96. The van der Waals surface area contributed by atoms with Gasteiger partial charge in [0.1, 0.15) is 0 Å². The molecule has 0 unspecified atom stereocenters. The topological polar surface area (TPSA) is 71.8 Å². The molecule has 0 saturated carbocycles. The first kappa shape index (κ1) is 17.4. The highest BCUT2D eigenvalue weighted by atomic mass is 19.4. The largest absolute Gasteiger partial charge is 0.416 e. The summed E-state index contributed by atoms with van der Waals surface area (Å²) in [4.78, 5) is 16.6. The van der Waals surface area contributed by atoms with E-state index in [1.54, 1.807) is 7.05 Å². The van der Waals surface area contributed by atoms with E-state index in [0.29, 0.717) is 5.82 Å². The van der Waals surface area contributed by atoms with Gasteiger partial charge in [0.25, 0.3) is 5.91 Å². The van der Waals surface area contributed by atoms with E-state index in [-0.39, 0.29) is 17.4 Å². The zero-order chi connectivity index (χ0) is 18.0. The third-order valence-electron chi connectivity index (χ3n) is 4.18. The predicted octanol–water partition coefficient (Wildman–Crippen LogP) is 2.55. The van der Waals surface area contributed by atoms with Crippen LogP contribution in [0.1, 0.15) is 40.5 Å². The molecule has 1 aliphatic heterocycles. The molecule has 0 bridgehead atoms. The SMILES string of the molecule is Cn1nc(C2CCNCC2)nc1NC(=O)c1ccc(C(F)(F)F)cc1. The van der Waals surface area contributed by atoms with Crippen molar-refractivity contribution in [3.8, 4) is 0 Å². The average molecular weight is 353 g/mol. The van der Waals surface area contributed by atoms with E-state index in [2.05, 4.69) is 20.7 Å². The molecule has 0 aliphatic carbocycles. The van der Waals surface area contributed by atoms with Gasteiger partial charge in [0.2, 0.25) is 5.95 Å². The number of carbonyl (C=O) groups is 1. The third kappa shape index (κ3) is 3.98. The number of halogens is 3.